The van der Waals surface area contributed by atoms with Gasteiger partial charge in [0.25, 0.3) is 0 Å². The summed E-state index contributed by atoms with van der Waals surface area (Å²) in [6.07, 6.45) is 0. The number of hydrogen-bond acceptors (Lipinski definition) is 1. The Kier molecular flexibility index (Phi) is 2.92. The van der Waals surface area contributed by atoms with Crippen LogP contribution in [0.4, 0.5) is 0 Å². The third-order valence-electron chi connectivity index (χ3n) is 3.43. The van der Waals surface area contributed by atoms with E-state index in [1.807, 2.05) is 12.1 Å². The van der Waals surface area contributed by atoms with Crippen LogP contribution in [0.2, 0.25) is 0 Å². The van der Waals surface area contributed by atoms with Crippen molar-refractivity contribution in [3.05, 3.63) is 65.7 Å². The lowest BCUT2D eigenvalue weighted by molar-refractivity contribution is 1.10. The van der Waals surface area contributed by atoms with Gasteiger partial charge in [-0.1, -0.05) is 48.5 Å². The molecular weight excluding hydrogens is 232 g/mol. The minimum absolute atomic E-state index is 0.997. The van der Waals surface area contributed by atoms with Crippen molar-refractivity contribution >= 4 is 0 Å². The van der Waals surface area contributed by atoms with E-state index in [1.165, 1.54) is 22.3 Å². The average Bonchev–Trinajstić information content (AvgIpc) is 2.89. The van der Waals surface area contributed by atoms with E-state index < -0.39 is 0 Å². The third kappa shape index (κ3) is 2.17. The molecule has 0 radical (unpaired) electrons. The molecule has 0 spiro atoms. The fourth-order valence-electron chi connectivity index (χ4n) is 2.33. The molecule has 0 atom stereocenters. The minimum atomic E-state index is 0.997. The van der Waals surface area contributed by atoms with E-state index in [0.29, 0.717) is 0 Å². The summed E-state index contributed by atoms with van der Waals surface area (Å²) in [5.74, 6) is 0. The van der Waals surface area contributed by atoms with Gasteiger partial charge in [0.15, 0.2) is 0 Å². The molecule has 0 saturated carbocycles. The van der Waals surface area contributed by atoms with Crippen LogP contribution < -0.4 is 0 Å². The van der Waals surface area contributed by atoms with Gasteiger partial charge in [0.2, 0.25) is 0 Å². The molecule has 3 aromatic rings. The van der Waals surface area contributed by atoms with Crippen molar-refractivity contribution in [3.8, 4) is 22.5 Å². The largest absolute Gasteiger partial charge is 0.277 e. The Bertz CT molecular complexity index is 651. The van der Waals surface area contributed by atoms with Crippen LogP contribution in [0.5, 0.6) is 0 Å². The maximum Gasteiger partial charge on any atom is 0.0929 e. The summed E-state index contributed by atoms with van der Waals surface area (Å²) in [5, 5.41) is 7.58. The van der Waals surface area contributed by atoms with Gasteiger partial charge in [-0.05, 0) is 31.0 Å². The van der Waals surface area contributed by atoms with Gasteiger partial charge in [-0.3, -0.25) is 5.10 Å². The number of nitrogens with zero attached hydrogens (tertiary/aromatic N) is 1. The van der Waals surface area contributed by atoms with Gasteiger partial charge in [0.1, 0.15) is 0 Å². The molecule has 19 heavy (non-hydrogen) atoms. The maximum atomic E-state index is 4.44. The molecule has 1 aromatic heterocycles. The fourth-order valence-corrected chi connectivity index (χ4v) is 2.33. The predicted molar refractivity (Wildman–Crippen MR) is 78.9 cm³/mol. The summed E-state index contributed by atoms with van der Waals surface area (Å²) < 4.78 is 0. The monoisotopic (exact) mass is 248 g/mol. The van der Waals surface area contributed by atoms with E-state index in [9.17, 15) is 0 Å². The Morgan fingerprint density at radius 3 is 2.00 bits per heavy atom. The third-order valence-corrected chi connectivity index (χ3v) is 3.43. The molecule has 2 aromatic carbocycles. The zero-order valence-electron chi connectivity index (χ0n) is 11.1. The molecule has 0 bridgehead atoms. The highest BCUT2D eigenvalue weighted by Crippen LogP contribution is 2.27. The van der Waals surface area contributed by atoms with Crippen molar-refractivity contribution in [1.29, 1.82) is 0 Å². The standard InChI is InChI=1S/C17H16N2/c1-12-7-3-5-9-14(12)16-11-17(19-18-16)15-10-6-4-8-13(15)2/h3-11H,1-2H3,(H,18,19). The summed E-state index contributed by atoms with van der Waals surface area (Å²) in [4.78, 5) is 0. The van der Waals surface area contributed by atoms with Crippen LogP contribution in [0.25, 0.3) is 22.5 Å². The number of benzene rings is 2. The van der Waals surface area contributed by atoms with Crippen LogP contribution in [0, 0.1) is 13.8 Å². The lowest BCUT2D eigenvalue weighted by atomic mass is 10.0. The van der Waals surface area contributed by atoms with E-state index in [1.54, 1.807) is 0 Å². The first kappa shape index (κ1) is 11.7. The molecule has 0 aliphatic rings. The minimum Gasteiger partial charge on any atom is -0.277 e. The van der Waals surface area contributed by atoms with Gasteiger partial charge in [-0.15, -0.1) is 0 Å². The number of nitrogens with one attached hydrogen (secondary N) is 1. The van der Waals surface area contributed by atoms with E-state index >= 15 is 0 Å². The highest BCUT2D eigenvalue weighted by atomic mass is 15.1. The van der Waals surface area contributed by atoms with Gasteiger partial charge in [-0.25, -0.2) is 0 Å². The van der Waals surface area contributed by atoms with Gasteiger partial charge in [-0.2, -0.15) is 5.10 Å². The molecule has 1 heterocycles. The van der Waals surface area contributed by atoms with Gasteiger partial charge >= 0.3 is 0 Å². The van der Waals surface area contributed by atoms with Crippen molar-refractivity contribution in [2.75, 3.05) is 0 Å². The first-order valence-corrected chi connectivity index (χ1v) is 6.43. The molecule has 0 saturated heterocycles. The molecule has 2 heteroatoms. The molecule has 0 fully saturated rings. The average molecular weight is 248 g/mol. The van der Waals surface area contributed by atoms with E-state index in [-0.39, 0.29) is 0 Å². The SMILES string of the molecule is Cc1ccccc1-c1cc(-c2ccccc2C)[nH]n1. The first-order chi connectivity index (χ1) is 9.25. The molecule has 0 unspecified atom stereocenters. The second-order valence-corrected chi connectivity index (χ2v) is 4.80. The van der Waals surface area contributed by atoms with Crippen LogP contribution in [-0.2, 0) is 0 Å². The second kappa shape index (κ2) is 4.73. The summed E-state index contributed by atoms with van der Waals surface area (Å²) in [6.45, 7) is 4.22. The molecular formula is C17H16N2. The Morgan fingerprint density at radius 2 is 1.37 bits per heavy atom. The first-order valence-electron chi connectivity index (χ1n) is 6.43. The molecule has 1 N–H and O–H groups in total. The zero-order valence-corrected chi connectivity index (χ0v) is 11.1. The quantitative estimate of drug-likeness (QED) is 0.717. The summed E-state index contributed by atoms with van der Waals surface area (Å²) >= 11 is 0. The van der Waals surface area contributed by atoms with Crippen molar-refractivity contribution < 1.29 is 0 Å². The lowest BCUT2D eigenvalue weighted by Crippen LogP contribution is -1.81. The van der Waals surface area contributed by atoms with Crippen LogP contribution in [0.3, 0.4) is 0 Å². The van der Waals surface area contributed by atoms with Gasteiger partial charge < -0.3 is 0 Å². The normalized spacial score (nSPS) is 10.6. The van der Waals surface area contributed by atoms with Crippen LogP contribution in [-0.4, -0.2) is 10.2 Å². The lowest BCUT2D eigenvalue weighted by Gasteiger charge is -2.01. The maximum absolute atomic E-state index is 4.44. The highest BCUT2D eigenvalue weighted by molar-refractivity contribution is 5.71. The van der Waals surface area contributed by atoms with Gasteiger partial charge in [0, 0.05) is 11.1 Å². The topological polar surface area (TPSA) is 28.7 Å². The molecule has 0 amide bonds. The predicted octanol–water partition coefficient (Wildman–Crippen LogP) is 4.36. The number of rotatable bonds is 2. The summed E-state index contributed by atoms with van der Waals surface area (Å²) in [5.41, 5.74) is 6.94. The number of hydrogen-bond donors (Lipinski definition) is 1. The van der Waals surface area contributed by atoms with E-state index in [0.717, 1.165) is 11.4 Å². The van der Waals surface area contributed by atoms with Crippen LogP contribution in [0.1, 0.15) is 11.1 Å². The Hall–Kier alpha value is -2.35. The van der Waals surface area contributed by atoms with Gasteiger partial charge in [0.05, 0.1) is 11.4 Å². The summed E-state index contributed by atoms with van der Waals surface area (Å²) in [7, 11) is 0. The van der Waals surface area contributed by atoms with Crippen LogP contribution in [0.15, 0.2) is 54.6 Å². The molecule has 3 rings (SSSR count). The number of aryl methyl sites for hydroxylation is 2. The Morgan fingerprint density at radius 1 is 0.789 bits per heavy atom. The molecule has 2 nitrogen and oxygen atoms in total. The summed E-state index contributed by atoms with van der Waals surface area (Å²) in [6, 6.07) is 18.8. The molecule has 0 aliphatic heterocycles. The van der Waals surface area contributed by atoms with Crippen molar-refractivity contribution in [2.45, 2.75) is 13.8 Å². The Balaban J connectivity index is 2.06. The van der Waals surface area contributed by atoms with Crippen molar-refractivity contribution in [1.82, 2.24) is 10.2 Å². The van der Waals surface area contributed by atoms with Crippen molar-refractivity contribution in [2.24, 2.45) is 0 Å². The van der Waals surface area contributed by atoms with Crippen LogP contribution >= 0.6 is 0 Å². The molecule has 94 valence electrons. The zero-order chi connectivity index (χ0) is 13.2. The molecule has 0 aliphatic carbocycles. The number of aromatic amines is 1. The highest BCUT2D eigenvalue weighted by Gasteiger charge is 2.08. The van der Waals surface area contributed by atoms with E-state index in [2.05, 4.69) is 66.5 Å². The fraction of sp³-hybridized carbons (Fsp3) is 0.118. The second-order valence-electron chi connectivity index (χ2n) is 4.80. The smallest absolute Gasteiger partial charge is 0.0929 e. The Labute approximate surface area is 113 Å². The number of H-pyrrole nitrogens is 1. The number of aromatic nitrogens is 2. The van der Waals surface area contributed by atoms with Crippen molar-refractivity contribution in [3.63, 3.8) is 0 Å². The van der Waals surface area contributed by atoms with E-state index in [4.69, 9.17) is 0 Å².